The van der Waals surface area contributed by atoms with Crippen molar-refractivity contribution in [2.45, 2.75) is 56.5 Å². The summed E-state index contributed by atoms with van der Waals surface area (Å²) in [5.41, 5.74) is 16.6. The highest BCUT2D eigenvalue weighted by atomic mass is 16.4. The number of carbonyl (C=O) groups is 4. The summed E-state index contributed by atoms with van der Waals surface area (Å²) < 4.78 is 0. The van der Waals surface area contributed by atoms with Gasteiger partial charge < -0.3 is 53.5 Å². The minimum Gasteiger partial charge on any atom is -0.480 e. The van der Waals surface area contributed by atoms with Crippen molar-refractivity contribution >= 4 is 29.7 Å². The molecule has 196 valence electrons. The monoisotopic (exact) mass is 499 g/mol. The van der Waals surface area contributed by atoms with E-state index in [4.69, 9.17) is 22.3 Å². The summed E-state index contributed by atoms with van der Waals surface area (Å²) in [6.45, 7) is 0.655. The number of carboxylic acids is 1. The van der Waals surface area contributed by atoms with Crippen molar-refractivity contribution in [3.05, 3.63) is 18.2 Å². The number of aliphatic hydroxyl groups excluding tert-OH is 2. The number of rotatable bonds is 15. The van der Waals surface area contributed by atoms with Crippen molar-refractivity contribution < 1.29 is 34.5 Å². The number of nitrogens with zero attached hydrogens (tertiary/aromatic N) is 2. The average molecular weight is 500 g/mol. The Morgan fingerprint density at radius 3 is 2.26 bits per heavy atom. The molecule has 1 aromatic heterocycles. The maximum atomic E-state index is 13.0. The summed E-state index contributed by atoms with van der Waals surface area (Å²) in [5, 5.41) is 35.1. The molecular formula is C19H33N9O7. The molecule has 0 saturated carbocycles. The Hall–Kier alpha value is -3.76. The summed E-state index contributed by atoms with van der Waals surface area (Å²) in [7, 11) is 0. The van der Waals surface area contributed by atoms with Crippen LogP contribution >= 0.6 is 0 Å². The second kappa shape index (κ2) is 14.5. The number of aromatic nitrogens is 2. The number of carboxylic acid groups (broad SMARTS) is 1. The quantitative estimate of drug-likeness (QED) is 0.0620. The average Bonchev–Trinajstić information content (AvgIpc) is 3.30. The normalized spacial score (nSPS) is 15.1. The molecule has 0 spiro atoms. The lowest BCUT2D eigenvalue weighted by Gasteiger charge is -2.25. The number of guanidine groups is 1. The Kier molecular flexibility index (Phi) is 12.1. The van der Waals surface area contributed by atoms with Crippen molar-refractivity contribution in [2.24, 2.45) is 22.2 Å². The van der Waals surface area contributed by atoms with E-state index in [1.165, 1.54) is 19.4 Å². The third-order valence-corrected chi connectivity index (χ3v) is 4.77. The Morgan fingerprint density at radius 1 is 1.11 bits per heavy atom. The minimum absolute atomic E-state index is 0.00137. The van der Waals surface area contributed by atoms with Crippen LogP contribution in [0.2, 0.25) is 0 Å². The predicted molar refractivity (Wildman–Crippen MR) is 122 cm³/mol. The number of aliphatic carboxylic acids is 1. The molecule has 0 fully saturated rings. The molecule has 0 radical (unpaired) electrons. The van der Waals surface area contributed by atoms with Crippen LogP contribution in [0.15, 0.2) is 17.5 Å². The number of nitrogens with two attached hydrogens (primary N) is 3. The first-order valence-corrected chi connectivity index (χ1v) is 10.7. The molecule has 16 heteroatoms. The third kappa shape index (κ3) is 10.4. The van der Waals surface area contributed by atoms with E-state index in [2.05, 4.69) is 30.9 Å². The van der Waals surface area contributed by atoms with Crippen molar-refractivity contribution in [3.63, 3.8) is 0 Å². The highest BCUT2D eigenvalue weighted by Crippen LogP contribution is 2.05. The first-order chi connectivity index (χ1) is 16.5. The topological polar surface area (TPSA) is 284 Å². The Balaban J connectivity index is 3.07. The fourth-order valence-electron chi connectivity index (χ4n) is 2.87. The number of aromatic amines is 1. The molecule has 5 atom stereocenters. The molecule has 16 nitrogen and oxygen atoms in total. The number of nitrogens with one attached hydrogen (secondary N) is 4. The van der Waals surface area contributed by atoms with Crippen LogP contribution in [0.3, 0.4) is 0 Å². The zero-order valence-corrected chi connectivity index (χ0v) is 19.2. The van der Waals surface area contributed by atoms with E-state index in [9.17, 15) is 29.4 Å². The zero-order chi connectivity index (χ0) is 26.5. The molecule has 0 aliphatic heterocycles. The smallest absolute Gasteiger partial charge is 0.328 e. The van der Waals surface area contributed by atoms with Crippen LogP contribution in [0.1, 0.15) is 25.5 Å². The number of H-pyrrole nitrogens is 1. The number of carbonyl (C=O) groups excluding carboxylic acids is 3. The van der Waals surface area contributed by atoms with E-state index in [1.54, 1.807) is 0 Å². The molecule has 0 aromatic carbocycles. The van der Waals surface area contributed by atoms with Gasteiger partial charge in [-0.05, 0) is 19.8 Å². The van der Waals surface area contributed by atoms with E-state index in [1.807, 2.05) is 0 Å². The van der Waals surface area contributed by atoms with Crippen molar-refractivity contribution in [2.75, 3.05) is 13.2 Å². The third-order valence-electron chi connectivity index (χ3n) is 4.77. The van der Waals surface area contributed by atoms with Gasteiger partial charge in [0.15, 0.2) is 12.0 Å². The lowest BCUT2D eigenvalue weighted by molar-refractivity contribution is -0.145. The molecule has 1 rings (SSSR count). The van der Waals surface area contributed by atoms with Gasteiger partial charge in [0.1, 0.15) is 18.1 Å². The first-order valence-electron chi connectivity index (χ1n) is 10.7. The molecule has 13 N–H and O–H groups in total. The van der Waals surface area contributed by atoms with Gasteiger partial charge in [-0.2, -0.15) is 0 Å². The van der Waals surface area contributed by atoms with Gasteiger partial charge in [-0.1, -0.05) is 0 Å². The Labute approximate surface area is 200 Å². The SMILES string of the molecule is CC(O)C(NC(=O)C(CCCN=C(N)N)NC(=O)C(Cc1cnc[nH]1)NC(=O)C(N)CO)C(=O)O. The summed E-state index contributed by atoms with van der Waals surface area (Å²) in [6, 6.07) is -5.39. The van der Waals surface area contributed by atoms with E-state index < -0.39 is 60.6 Å². The highest BCUT2D eigenvalue weighted by Gasteiger charge is 2.32. The largest absolute Gasteiger partial charge is 0.480 e. The number of hydrogen-bond donors (Lipinski definition) is 10. The van der Waals surface area contributed by atoms with Crippen LogP contribution in [-0.2, 0) is 25.6 Å². The van der Waals surface area contributed by atoms with Crippen LogP contribution < -0.4 is 33.2 Å². The van der Waals surface area contributed by atoms with Gasteiger partial charge in [-0.25, -0.2) is 9.78 Å². The first kappa shape index (κ1) is 29.3. The zero-order valence-electron chi connectivity index (χ0n) is 19.2. The van der Waals surface area contributed by atoms with Gasteiger partial charge in [0.25, 0.3) is 0 Å². The van der Waals surface area contributed by atoms with Crippen LogP contribution in [0.4, 0.5) is 0 Å². The van der Waals surface area contributed by atoms with Crippen LogP contribution in [0.25, 0.3) is 0 Å². The molecule has 1 heterocycles. The lowest BCUT2D eigenvalue weighted by Crippen LogP contribution is -2.59. The molecule has 0 saturated heterocycles. The number of hydrogen-bond acceptors (Lipinski definition) is 9. The fraction of sp³-hybridized carbons (Fsp3) is 0.579. The van der Waals surface area contributed by atoms with Crippen LogP contribution in [0, 0.1) is 0 Å². The second-order valence-electron chi connectivity index (χ2n) is 7.71. The van der Waals surface area contributed by atoms with Gasteiger partial charge in [0.2, 0.25) is 17.7 Å². The van der Waals surface area contributed by atoms with Crippen molar-refractivity contribution in [3.8, 4) is 0 Å². The molecule has 0 aliphatic carbocycles. The second-order valence-corrected chi connectivity index (χ2v) is 7.71. The molecule has 0 aliphatic rings. The maximum Gasteiger partial charge on any atom is 0.328 e. The summed E-state index contributed by atoms with van der Waals surface area (Å²) >= 11 is 0. The van der Waals surface area contributed by atoms with Crippen molar-refractivity contribution in [1.82, 2.24) is 25.9 Å². The fourth-order valence-corrected chi connectivity index (χ4v) is 2.87. The number of amides is 3. The summed E-state index contributed by atoms with van der Waals surface area (Å²) in [4.78, 5) is 59.8. The van der Waals surface area contributed by atoms with Gasteiger partial charge in [-0.3, -0.25) is 19.4 Å². The molecule has 35 heavy (non-hydrogen) atoms. The van der Waals surface area contributed by atoms with Gasteiger partial charge >= 0.3 is 5.97 Å². The highest BCUT2D eigenvalue weighted by molar-refractivity contribution is 5.94. The summed E-state index contributed by atoms with van der Waals surface area (Å²) in [6.07, 6.45) is 1.56. The Bertz CT molecular complexity index is 872. The Morgan fingerprint density at radius 2 is 1.74 bits per heavy atom. The predicted octanol–water partition coefficient (Wildman–Crippen LogP) is -4.75. The molecule has 3 amide bonds. The number of imidazole rings is 1. The van der Waals surface area contributed by atoms with E-state index in [0.717, 1.165) is 0 Å². The number of aliphatic imine (C=N–C) groups is 1. The molecular weight excluding hydrogens is 466 g/mol. The van der Waals surface area contributed by atoms with Crippen molar-refractivity contribution in [1.29, 1.82) is 0 Å². The van der Waals surface area contributed by atoms with E-state index in [0.29, 0.717) is 5.69 Å². The van der Waals surface area contributed by atoms with Gasteiger partial charge in [-0.15, -0.1) is 0 Å². The minimum atomic E-state index is -1.62. The van der Waals surface area contributed by atoms with Gasteiger partial charge in [0.05, 0.1) is 19.0 Å². The van der Waals surface area contributed by atoms with E-state index >= 15 is 0 Å². The standard InChI is InChI=1S/C19H33N9O7/c1-9(30)14(18(34)35)28-16(32)12(3-2-4-24-19(21)22)26-17(33)13(5-10-6-23-8-25-10)27-15(31)11(20)7-29/h6,8-9,11-14,29-30H,2-5,7,20H2,1H3,(H,23,25)(H,26,33)(H,27,31)(H,28,32)(H,34,35)(H4,21,22,24). The molecule has 1 aromatic rings. The number of aliphatic hydroxyl groups is 2. The van der Waals surface area contributed by atoms with Crippen LogP contribution in [0.5, 0.6) is 0 Å². The van der Waals surface area contributed by atoms with Crippen LogP contribution in [-0.4, -0.2) is 98.4 Å². The molecule has 0 bridgehead atoms. The lowest BCUT2D eigenvalue weighted by atomic mass is 10.1. The van der Waals surface area contributed by atoms with E-state index in [-0.39, 0.29) is 31.8 Å². The maximum absolute atomic E-state index is 13.0. The summed E-state index contributed by atoms with van der Waals surface area (Å²) in [5.74, 6) is -4.11. The molecule has 5 unspecified atom stereocenters. The van der Waals surface area contributed by atoms with Gasteiger partial charge in [0, 0.05) is 24.9 Å².